The number of nitrogens with one attached hydrogen (secondary N) is 1. The molecule has 94 valence electrons. The molecule has 0 aliphatic carbocycles. The maximum atomic E-state index is 11.9. The Hall–Kier alpha value is -1.49. The second-order valence-electron chi connectivity index (χ2n) is 3.84. The highest BCUT2D eigenvalue weighted by Crippen LogP contribution is 2.12. The first kappa shape index (κ1) is 13.6. The molecular formula is C11H15ClN2O3. The summed E-state index contributed by atoms with van der Waals surface area (Å²) in [4.78, 5) is 27.3. The number of methoxy groups -OCH3 is 1. The Morgan fingerprint density at radius 2 is 2.24 bits per heavy atom. The Labute approximate surface area is 105 Å². The molecule has 0 radical (unpaired) electrons. The minimum atomic E-state index is -0.362. The van der Waals surface area contributed by atoms with E-state index in [0.717, 1.165) is 0 Å². The number of aromatic nitrogens is 1. The third-order valence-electron chi connectivity index (χ3n) is 2.38. The zero-order valence-corrected chi connectivity index (χ0v) is 10.7. The predicted molar refractivity (Wildman–Crippen MR) is 63.9 cm³/mol. The van der Waals surface area contributed by atoms with Crippen LogP contribution in [0, 0.1) is 5.92 Å². The van der Waals surface area contributed by atoms with Crippen molar-refractivity contribution in [1.82, 2.24) is 9.88 Å². The van der Waals surface area contributed by atoms with Gasteiger partial charge in [-0.15, -0.1) is 0 Å². The number of halogens is 1. The third-order valence-corrected chi connectivity index (χ3v) is 2.59. The van der Waals surface area contributed by atoms with E-state index < -0.39 is 0 Å². The number of carbonyl (C=O) groups excluding carboxylic acids is 2. The number of hydrogen-bond acceptors (Lipinski definition) is 3. The second-order valence-corrected chi connectivity index (χ2v) is 4.28. The van der Waals surface area contributed by atoms with Gasteiger partial charge in [-0.3, -0.25) is 9.59 Å². The Kier molecular flexibility index (Phi) is 4.57. The number of carbonyl (C=O) groups is 2. The molecule has 0 saturated carbocycles. The molecule has 1 aromatic rings. The van der Waals surface area contributed by atoms with Crippen molar-refractivity contribution in [2.75, 3.05) is 20.7 Å². The first-order valence-corrected chi connectivity index (χ1v) is 5.50. The van der Waals surface area contributed by atoms with E-state index in [1.165, 1.54) is 18.2 Å². The highest BCUT2D eigenvalue weighted by atomic mass is 35.5. The van der Waals surface area contributed by atoms with E-state index in [1.54, 1.807) is 20.0 Å². The molecule has 1 heterocycles. The summed E-state index contributed by atoms with van der Waals surface area (Å²) in [6.07, 6.45) is 1.53. The van der Waals surface area contributed by atoms with Crippen molar-refractivity contribution in [3.05, 3.63) is 23.0 Å². The van der Waals surface area contributed by atoms with Crippen LogP contribution in [0.25, 0.3) is 0 Å². The van der Waals surface area contributed by atoms with Gasteiger partial charge in [0.05, 0.1) is 18.1 Å². The number of hydrogen-bond donors (Lipinski definition) is 1. The molecule has 1 aromatic heterocycles. The summed E-state index contributed by atoms with van der Waals surface area (Å²) in [6.45, 7) is 2.00. The van der Waals surface area contributed by atoms with E-state index in [0.29, 0.717) is 17.3 Å². The molecule has 17 heavy (non-hydrogen) atoms. The summed E-state index contributed by atoms with van der Waals surface area (Å²) in [5.74, 6) is -0.916. The number of nitrogens with zero attached hydrogens (tertiary/aromatic N) is 1. The van der Waals surface area contributed by atoms with Crippen molar-refractivity contribution >= 4 is 23.5 Å². The van der Waals surface area contributed by atoms with E-state index in [1.807, 2.05) is 0 Å². The van der Waals surface area contributed by atoms with Gasteiger partial charge >= 0.3 is 5.97 Å². The molecule has 0 fully saturated rings. The second kappa shape index (κ2) is 5.72. The van der Waals surface area contributed by atoms with Gasteiger partial charge in [0.1, 0.15) is 5.69 Å². The molecule has 5 nitrogen and oxygen atoms in total. The molecule has 0 spiro atoms. The van der Waals surface area contributed by atoms with Crippen LogP contribution in [0.4, 0.5) is 0 Å². The zero-order chi connectivity index (χ0) is 13.0. The van der Waals surface area contributed by atoms with Crippen molar-refractivity contribution in [2.45, 2.75) is 6.92 Å². The van der Waals surface area contributed by atoms with Gasteiger partial charge < -0.3 is 14.6 Å². The van der Waals surface area contributed by atoms with Gasteiger partial charge in [-0.2, -0.15) is 0 Å². The van der Waals surface area contributed by atoms with Crippen LogP contribution in [0.2, 0.25) is 5.02 Å². The third kappa shape index (κ3) is 3.49. The number of amides is 1. The van der Waals surface area contributed by atoms with Gasteiger partial charge in [0, 0.05) is 19.8 Å². The molecule has 1 unspecified atom stereocenters. The van der Waals surface area contributed by atoms with Crippen molar-refractivity contribution in [2.24, 2.45) is 5.92 Å². The minimum absolute atomic E-state index is 0.215. The summed E-state index contributed by atoms with van der Waals surface area (Å²) >= 11 is 5.71. The number of H-pyrrole nitrogens is 1. The Morgan fingerprint density at radius 3 is 2.71 bits per heavy atom. The number of esters is 1. The number of rotatable bonds is 4. The quantitative estimate of drug-likeness (QED) is 0.834. The summed E-state index contributed by atoms with van der Waals surface area (Å²) in [7, 11) is 2.95. The molecular weight excluding hydrogens is 244 g/mol. The fraction of sp³-hybridized carbons (Fsp3) is 0.455. The lowest BCUT2D eigenvalue weighted by Crippen LogP contribution is -2.34. The van der Waals surface area contributed by atoms with Crippen molar-refractivity contribution < 1.29 is 14.3 Å². The molecule has 0 aliphatic heterocycles. The molecule has 1 amide bonds. The molecule has 0 bridgehead atoms. The molecule has 1 atom stereocenters. The molecule has 1 N–H and O–H groups in total. The van der Waals surface area contributed by atoms with Gasteiger partial charge in [0.25, 0.3) is 5.91 Å². The summed E-state index contributed by atoms with van der Waals surface area (Å²) in [6, 6.07) is 1.54. The normalized spacial score (nSPS) is 12.0. The van der Waals surface area contributed by atoms with Crippen LogP contribution in [0.15, 0.2) is 12.3 Å². The highest BCUT2D eigenvalue weighted by Gasteiger charge is 2.20. The van der Waals surface area contributed by atoms with Crippen molar-refractivity contribution in [3.8, 4) is 0 Å². The first-order chi connectivity index (χ1) is 7.95. The van der Waals surface area contributed by atoms with E-state index in [9.17, 15) is 9.59 Å². The molecule has 0 saturated heterocycles. The van der Waals surface area contributed by atoms with Crippen LogP contribution in [-0.4, -0.2) is 42.5 Å². The van der Waals surface area contributed by atoms with Crippen LogP contribution in [0.5, 0.6) is 0 Å². The lowest BCUT2D eigenvalue weighted by atomic mass is 10.1. The van der Waals surface area contributed by atoms with Gasteiger partial charge in [-0.25, -0.2) is 0 Å². The van der Waals surface area contributed by atoms with E-state index >= 15 is 0 Å². The lowest BCUT2D eigenvalue weighted by molar-refractivity contribution is -0.145. The van der Waals surface area contributed by atoms with Gasteiger partial charge in [0.15, 0.2) is 0 Å². The molecule has 0 aliphatic rings. The van der Waals surface area contributed by atoms with Crippen LogP contribution in [-0.2, 0) is 9.53 Å². The van der Waals surface area contributed by atoms with Gasteiger partial charge in [-0.1, -0.05) is 18.5 Å². The van der Waals surface area contributed by atoms with Gasteiger partial charge in [-0.05, 0) is 6.07 Å². The van der Waals surface area contributed by atoms with Crippen molar-refractivity contribution in [3.63, 3.8) is 0 Å². The highest BCUT2D eigenvalue weighted by molar-refractivity contribution is 6.30. The first-order valence-electron chi connectivity index (χ1n) is 5.13. The smallest absolute Gasteiger partial charge is 0.310 e. The van der Waals surface area contributed by atoms with Crippen LogP contribution < -0.4 is 0 Å². The summed E-state index contributed by atoms with van der Waals surface area (Å²) in [5, 5.41) is 0.475. The predicted octanol–water partition coefficient (Wildman–Crippen LogP) is 1.55. The van der Waals surface area contributed by atoms with E-state index in [4.69, 9.17) is 11.6 Å². The minimum Gasteiger partial charge on any atom is -0.469 e. The maximum absolute atomic E-state index is 11.9. The summed E-state index contributed by atoms with van der Waals surface area (Å²) < 4.78 is 4.60. The standard InChI is InChI=1S/C11H15ClN2O3/c1-7(11(16)17-3)6-14(2)10(15)9-4-8(12)5-13-9/h4-5,7,13H,6H2,1-3H3. The SMILES string of the molecule is COC(=O)C(C)CN(C)C(=O)c1cc(Cl)c[nH]1. The Balaban J connectivity index is 2.62. The van der Waals surface area contributed by atoms with E-state index in [2.05, 4.69) is 9.72 Å². The fourth-order valence-corrected chi connectivity index (χ4v) is 1.63. The summed E-state index contributed by atoms with van der Waals surface area (Å²) in [5.41, 5.74) is 0.398. The molecule has 6 heteroatoms. The topological polar surface area (TPSA) is 62.4 Å². The number of ether oxygens (including phenoxy) is 1. The van der Waals surface area contributed by atoms with E-state index in [-0.39, 0.29) is 17.8 Å². The Bertz CT molecular complexity index is 417. The van der Waals surface area contributed by atoms with Crippen LogP contribution in [0.1, 0.15) is 17.4 Å². The average molecular weight is 259 g/mol. The average Bonchev–Trinajstić information content (AvgIpc) is 2.73. The molecule has 0 aromatic carbocycles. The van der Waals surface area contributed by atoms with Crippen LogP contribution in [0.3, 0.4) is 0 Å². The lowest BCUT2D eigenvalue weighted by Gasteiger charge is -2.19. The largest absolute Gasteiger partial charge is 0.469 e. The van der Waals surface area contributed by atoms with Crippen LogP contribution >= 0.6 is 11.6 Å². The number of aromatic amines is 1. The Morgan fingerprint density at radius 1 is 1.59 bits per heavy atom. The molecule has 1 rings (SSSR count). The monoisotopic (exact) mass is 258 g/mol. The zero-order valence-electron chi connectivity index (χ0n) is 9.99. The fourth-order valence-electron chi connectivity index (χ4n) is 1.47. The maximum Gasteiger partial charge on any atom is 0.310 e. The van der Waals surface area contributed by atoms with Crippen molar-refractivity contribution in [1.29, 1.82) is 0 Å². The van der Waals surface area contributed by atoms with Gasteiger partial charge in [0.2, 0.25) is 0 Å².